The highest BCUT2D eigenvalue weighted by Gasteiger charge is 2.46. The SMILES string of the molecule is CCCCCCCC[C@H](C)CCC[C@H](C)CCC[C@H](C)CCC[C@H](C)CCC[C@H](C)CCCOP(=O)(O)O[C@@H]1OC(CO)[C@@H](O)[C@H](O)C1O. The maximum absolute atomic E-state index is 12.3. The van der Waals surface area contributed by atoms with Gasteiger partial charge in [-0.25, -0.2) is 4.57 Å². The van der Waals surface area contributed by atoms with Crippen molar-refractivity contribution in [2.24, 2.45) is 29.6 Å². The van der Waals surface area contributed by atoms with Crippen LogP contribution in [-0.2, 0) is 18.3 Å². The number of unbranched alkanes of at least 4 members (excludes halogenated alkanes) is 5. The van der Waals surface area contributed by atoms with E-state index in [0.717, 1.165) is 36.5 Å². The zero-order chi connectivity index (χ0) is 36.7. The summed E-state index contributed by atoms with van der Waals surface area (Å²) < 4.78 is 27.4. The van der Waals surface area contributed by atoms with E-state index in [1.165, 1.54) is 116 Å². The molecule has 1 aliphatic rings. The summed E-state index contributed by atoms with van der Waals surface area (Å²) in [5.74, 6) is 3.77. The summed E-state index contributed by atoms with van der Waals surface area (Å²) in [5.41, 5.74) is 0. The third-order valence-electron chi connectivity index (χ3n) is 10.8. The predicted molar refractivity (Wildman–Crippen MR) is 199 cm³/mol. The van der Waals surface area contributed by atoms with E-state index in [0.29, 0.717) is 12.3 Å². The van der Waals surface area contributed by atoms with Crippen LogP contribution in [-0.4, -0.2) is 69.2 Å². The molecule has 0 aromatic rings. The van der Waals surface area contributed by atoms with Crippen LogP contribution in [0.1, 0.15) is 176 Å². The second-order valence-electron chi connectivity index (χ2n) is 16.1. The van der Waals surface area contributed by atoms with Crippen LogP contribution in [0.5, 0.6) is 0 Å². The summed E-state index contributed by atoms with van der Waals surface area (Å²) in [4.78, 5) is 10.0. The molecule has 0 saturated carbocycles. The molecule has 1 aliphatic heterocycles. The fourth-order valence-corrected chi connectivity index (χ4v) is 8.04. The summed E-state index contributed by atoms with van der Waals surface area (Å²) in [7, 11) is -4.58. The van der Waals surface area contributed by atoms with Crippen molar-refractivity contribution < 1.29 is 43.7 Å². The maximum Gasteiger partial charge on any atom is 0.474 e. The summed E-state index contributed by atoms with van der Waals surface area (Å²) in [6, 6.07) is 0. The molecule has 1 saturated heterocycles. The summed E-state index contributed by atoms with van der Waals surface area (Å²) in [6.07, 6.45) is 19.1. The molecular formula is C39H79O9P. The lowest BCUT2D eigenvalue weighted by atomic mass is 9.89. The second-order valence-corrected chi connectivity index (χ2v) is 17.5. The molecule has 0 radical (unpaired) electrons. The quantitative estimate of drug-likeness (QED) is 0.0349. The van der Waals surface area contributed by atoms with Gasteiger partial charge >= 0.3 is 7.82 Å². The van der Waals surface area contributed by atoms with Gasteiger partial charge in [0.2, 0.25) is 0 Å². The minimum Gasteiger partial charge on any atom is -0.394 e. The van der Waals surface area contributed by atoms with Crippen LogP contribution in [0.4, 0.5) is 0 Å². The van der Waals surface area contributed by atoms with Gasteiger partial charge in [0.15, 0.2) is 6.29 Å². The Morgan fingerprint density at radius 1 is 0.571 bits per heavy atom. The molecule has 0 amide bonds. The topological polar surface area (TPSA) is 146 Å². The molecule has 1 heterocycles. The lowest BCUT2D eigenvalue weighted by Gasteiger charge is -2.39. The smallest absolute Gasteiger partial charge is 0.394 e. The molecule has 1 rings (SSSR count). The molecule has 9 nitrogen and oxygen atoms in total. The average Bonchev–Trinajstić information content (AvgIpc) is 3.05. The lowest BCUT2D eigenvalue weighted by molar-refractivity contribution is -0.281. The van der Waals surface area contributed by atoms with Gasteiger partial charge in [0.25, 0.3) is 0 Å². The number of hydrogen-bond donors (Lipinski definition) is 5. The first kappa shape index (κ1) is 46.9. The third-order valence-corrected chi connectivity index (χ3v) is 11.8. The van der Waals surface area contributed by atoms with Crippen LogP contribution in [0.15, 0.2) is 0 Å². The normalized spacial score (nSPS) is 25.8. The number of rotatable bonds is 31. The Morgan fingerprint density at radius 3 is 1.39 bits per heavy atom. The monoisotopic (exact) mass is 723 g/mol. The van der Waals surface area contributed by atoms with Crippen molar-refractivity contribution in [1.29, 1.82) is 0 Å². The molecule has 0 aliphatic carbocycles. The lowest BCUT2D eigenvalue weighted by Crippen LogP contribution is -2.58. The van der Waals surface area contributed by atoms with Crippen LogP contribution < -0.4 is 0 Å². The van der Waals surface area contributed by atoms with Gasteiger partial charge < -0.3 is 30.1 Å². The Balaban J connectivity index is 2.05. The molecule has 5 N–H and O–H groups in total. The Morgan fingerprint density at radius 2 is 0.959 bits per heavy atom. The van der Waals surface area contributed by atoms with Crippen LogP contribution in [0.3, 0.4) is 0 Å². The number of aliphatic hydroxyl groups excluding tert-OH is 4. The molecule has 49 heavy (non-hydrogen) atoms. The van der Waals surface area contributed by atoms with Gasteiger partial charge in [0.05, 0.1) is 13.2 Å². The van der Waals surface area contributed by atoms with Crippen molar-refractivity contribution in [1.82, 2.24) is 0 Å². The molecule has 0 spiro atoms. The van der Waals surface area contributed by atoms with Crippen LogP contribution in [0.2, 0.25) is 0 Å². The molecule has 1 fully saturated rings. The molecule has 294 valence electrons. The van der Waals surface area contributed by atoms with Crippen molar-refractivity contribution in [2.75, 3.05) is 13.2 Å². The van der Waals surface area contributed by atoms with Crippen LogP contribution in [0.25, 0.3) is 0 Å². The zero-order valence-electron chi connectivity index (χ0n) is 32.4. The number of phosphoric acid groups is 1. The van der Waals surface area contributed by atoms with Gasteiger partial charge in [0.1, 0.15) is 24.4 Å². The standard InChI is InChI=1S/C39H79O9P/c1-7-8-9-10-11-12-18-30(2)19-13-20-31(3)21-14-22-32(4)23-15-24-33(5)25-16-26-34(6)27-17-28-46-49(44,45)48-39-38(43)37(42)36(41)35(29-40)47-39/h30-43H,7-29H2,1-6H3,(H,44,45)/t30-,31-,32-,33-,34-,35?,36+,37-,38?,39-/m0/s1. The highest BCUT2D eigenvalue weighted by molar-refractivity contribution is 7.47. The van der Waals surface area contributed by atoms with Gasteiger partial charge in [0, 0.05) is 0 Å². The maximum atomic E-state index is 12.3. The Bertz CT molecular complexity index is 830. The van der Waals surface area contributed by atoms with E-state index in [9.17, 15) is 29.9 Å². The van der Waals surface area contributed by atoms with E-state index in [2.05, 4.69) is 41.5 Å². The van der Waals surface area contributed by atoms with Gasteiger partial charge in [-0.1, -0.05) is 164 Å². The number of aliphatic hydroxyl groups is 4. The first-order valence-electron chi connectivity index (χ1n) is 20.3. The van der Waals surface area contributed by atoms with E-state index in [1.807, 2.05) is 0 Å². The Kier molecular flexibility index (Phi) is 26.3. The first-order valence-corrected chi connectivity index (χ1v) is 21.7. The predicted octanol–water partition coefficient (Wildman–Crippen LogP) is 9.31. The number of phosphoric ester groups is 1. The summed E-state index contributed by atoms with van der Waals surface area (Å²) in [6.45, 7) is 13.5. The van der Waals surface area contributed by atoms with Gasteiger partial charge in [-0.2, -0.15) is 0 Å². The van der Waals surface area contributed by atoms with Crippen molar-refractivity contribution in [3.05, 3.63) is 0 Å². The van der Waals surface area contributed by atoms with Crippen LogP contribution >= 0.6 is 7.82 Å². The van der Waals surface area contributed by atoms with Crippen molar-refractivity contribution in [3.8, 4) is 0 Å². The minimum absolute atomic E-state index is 0.00166. The van der Waals surface area contributed by atoms with E-state index in [4.69, 9.17) is 13.8 Å². The molecule has 10 heteroatoms. The van der Waals surface area contributed by atoms with Crippen molar-refractivity contribution >= 4 is 7.82 Å². The zero-order valence-corrected chi connectivity index (χ0v) is 33.2. The Hall–Kier alpha value is -0.0900. The van der Waals surface area contributed by atoms with Crippen molar-refractivity contribution in [2.45, 2.75) is 207 Å². The second kappa shape index (κ2) is 27.5. The fourth-order valence-electron chi connectivity index (χ4n) is 7.18. The fraction of sp³-hybridized carbons (Fsp3) is 1.00. The Labute approximate surface area is 300 Å². The van der Waals surface area contributed by atoms with E-state index >= 15 is 0 Å². The molecule has 0 aromatic heterocycles. The molecular weight excluding hydrogens is 643 g/mol. The largest absolute Gasteiger partial charge is 0.474 e. The molecule has 0 aromatic carbocycles. The number of ether oxygens (including phenoxy) is 1. The van der Waals surface area contributed by atoms with Crippen LogP contribution in [0, 0.1) is 29.6 Å². The molecule has 3 unspecified atom stereocenters. The van der Waals surface area contributed by atoms with Gasteiger partial charge in [-0.15, -0.1) is 0 Å². The number of hydrogen-bond acceptors (Lipinski definition) is 8. The highest BCUT2D eigenvalue weighted by atomic mass is 31.2. The van der Waals surface area contributed by atoms with Crippen molar-refractivity contribution in [3.63, 3.8) is 0 Å². The first-order chi connectivity index (χ1) is 23.3. The van der Waals surface area contributed by atoms with E-state index < -0.39 is 45.1 Å². The van der Waals surface area contributed by atoms with Gasteiger partial charge in [-0.3, -0.25) is 9.05 Å². The van der Waals surface area contributed by atoms with E-state index in [-0.39, 0.29) is 6.61 Å². The van der Waals surface area contributed by atoms with Gasteiger partial charge in [-0.05, 0) is 42.4 Å². The molecule has 11 atom stereocenters. The third kappa shape index (κ3) is 22.6. The minimum atomic E-state index is -4.58. The summed E-state index contributed by atoms with van der Waals surface area (Å²) in [5, 5.41) is 38.9. The molecule has 0 bridgehead atoms. The summed E-state index contributed by atoms with van der Waals surface area (Å²) >= 11 is 0. The van der Waals surface area contributed by atoms with E-state index in [1.54, 1.807) is 0 Å². The highest BCUT2D eigenvalue weighted by Crippen LogP contribution is 2.46. The average molecular weight is 723 g/mol.